The van der Waals surface area contributed by atoms with Crippen molar-refractivity contribution >= 4 is 15.9 Å². The molecule has 1 aromatic carbocycles. The Morgan fingerprint density at radius 3 is 2.62 bits per heavy atom. The lowest BCUT2D eigenvalue weighted by molar-refractivity contribution is 0.343. The van der Waals surface area contributed by atoms with Crippen molar-refractivity contribution < 1.29 is 4.74 Å². The van der Waals surface area contributed by atoms with E-state index in [1.54, 1.807) is 7.11 Å². The molecule has 0 fully saturated rings. The Labute approximate surface area is 106 Å². The number of aryl methyl sites for hydroxylation is 1. The molecule has 0 amide bonds. The molecule has 0 saturated carbocycles. The summed E-state index contributed by atoms with van der Waals surface area (Å²) in [5.74, 6) is 0.955. The van der Waals surface area contributed by atoms with Gasteiger partial charge in [-0.3, -0.25) is 0 Å². The van der Waals surface area contributed by atoms with E-state index in [2.05, 4.69) is 35.8 Å². The second kappa shape index (κ2) is 5.69. The van der Waals surface area contributed by atoms with Crippen molar-refractivity contribution in [2.45, 2.75) is 26.7 Å². The first-order valence-corrected chi connectivity index (χ1v) is 6.30. The van der Waals surface area contributed by atoms with Crippen LogP contribution in [0.15, 0.2) is 22.7 Å². The fraction of sp³-hybridized carbons (Fsp3) is 0.538. The van der Waals surface area contributed by atoms with Crippen LogP contribution in [0, 0.1) is 5.41 Å². The Balaban J connectivity index is 2.76. The summed E-state index contributed by atoms with van der Waals surface area (Å²) in [5, 5.41) is 0. The van der Waals surface area contributed by atoms with Gasteiger partial charge in [0.25, 0.3) is 0 Å². The van der Waals surface area contributed by atoms with E-state index in [4.69, 9.17) is 10.5 Å². The van der Waals surface area contributed by atoms with Crippen LogP contribution in [0.25, 0.3) is 0 Å². The molecule has 90 valence electrons. The van der Waals surface area contributed by atoms with Crippen LogP contribution in [-0.4, -0.2) is 13.7 Å². The SMILES string of the molecule is COc1ccc(Br)cc1CCC(C)(C)CN. The fourth-order valence-corrected chi connectivity index (χ4v) is 1.93. The normalized spacial score (nSPS) is 11.6. The Morgan fingerprint density at radius 2 is 2.06 bits per heavy atom. The van der Waals surface area contributed by atoms with Crippen LogP contribution in [0.2, 0.25) is 0 Å². The van der Waals surface area contributed by atoms with Gasteiger partial charge >= 0.3 is 0 Å². The molecule has 0 saturated heterocycles. The largest absolute Gasteiger partial charge is 0.496 e. The van der Waals surface area contributed by atoms with E-state index in [1.807, 2.05) is 12.1 Å². The van der Waals surface area contributed by atoms with Gasteiger partial charge in [0.1, 0.15) is 5.75 Å². The number of hydrogen-bond acceptors (Lipinski definition) is 2. The van der Waals surface area contributed by atoms with Crippen LogP contribution >= 0.6 is 15.9 Å². The molecule has 1 rings (SSSR count). The average molecular weight is 286 g/mol. The number of ether oxygens (including phenoxy) is 1. The molecule has 1 aromatic rings. The molecule has 0 aliphatic carbocycles. The maximum Gasteiger partial charge on any atom is 0.122 e. The highest BCUT2D eigenvalue weighted by Crippen LogP contribution is 2.28. The molecule has 0 radical (unpaired) electrons. The van der Waals surface area contributed by atoms with Gasteiger partial charge in [-0.1, -0.05) is 29.8 Å². The van der Waals surface area contributed by atoms with Crippen molar-refractivity contribution in [3.05, 3.63) is 28.2 Å². The van der Waals surface area contributed by atoms with Gasteiger partial charge in [-0.2, -0.15) is 0 Å². The van der Waals surface area contributed by atoms with E-state index in [0.29, 0.717) is 6.54 Å². The van der Waals surface area contributed by atoms with Crippen LogP contribution in [0.3, 0.4) is 0 Å². The van der Waals surface area contributed by atoms with Gasteiger partial charge in [0, 0.05) is 4.47 Å². The third-order valence-electron chi connectivity index (χ3n) is 2.87. The summed E-state index contributed by atoms with van der Waals surface area (Å²) in [6, 6.07) is 6.11. The summed E-state index contributed by atoms with van der Waals surface area (Å²) in [5.41, 5.74) is 7.15. The van der Waals surface area contributed by atoms with E-state index >= 15 is 0 Å². The molecule has 0 aliphatic heterocycles. The molecule has 0 aromatic heterocycles. The minimum Gasteiger partial charge on any atom is -0.496 e. The summed E-state index contributed by atoms with van der Waals surface area (Å²) >= 11 is 3.48. The summed E-state index contributed by atoms with van der Waals surface area (Å²) in [6.45, 7) is 5.10. The summed E-state index contributed by atoms with van der Waals surface area (Å²) < 4.78 is 6.44. The zero-order chi connectivity index (χ0) is 12.2. The van der Waals surface area contributed by atoms with E-state index in [9.17, 15) is 0 Å². The van der Waals surface area contributed by atoms with Crippen LogP contribution in [0.1, 0.15) is 25.8 Å². The van der Waals surface area contributed by atoms with E-state index in [-0.39, 0.29) is 5.41 Å². The van der Waals surface area contributed by atoms with Gasteiger partial charge in [-0.25, -0.2) is 0 Å². The third kappa shape index (κ3) is 3.80. The highest BCUT2D eigenvalue weighted by Gasteiger charge is 2.16. The lowest BCUT2D eigenvalue weighted by atomic mass is 9.86. The molecule has 0 aliphatic rings. The van der Waals surface area contributed by atoms with Crippen molar-refractivity contribution in [2.24, 2.45) is 11.1 Å². The van der Waals surface area contributed by atoms with Crippen molar-refractivity contribution in [1.82, 2.24) is 0 Å². The molecule has 0 bridgehead atoms. The van der Waals surface area contributed by atoms with E-state index in [1.165, 1.54) is 5.56 Å². The van der Waals surface area contributed by atoms with Crippen molar-refractivity contribution in [2.75, 3.05) is 13.7 Å². The molecule has 0 spiro atoms. The Hall–Kier alpha value is -0.540. The van der Waals surface area contributed by atoms with Crippen LogP contribution in [-0.2, 0) is 6.42 Å². The lowest BCUT2D eigenvalue weighted by Gasteiger charge is -2.22. The molecule has 2 N–H and O–H groups in total. The first-order chi connectivity index (χ1) is 7.48. The van der Waals surface area contributed by atoms with Crippen molar-refractivity contribution in [3.8, 4) is 5.75 Å². The average Bonchev–Trinajstić information content (AvgIpc) is 2.27. The minimum absolute atomic E-state index is 0.188. The predicted octanol–water partition coefficient (Wildman–Crippen LogP) is 3.38. The second-order valence-corrected chi connectivity index (χ2v) is 5.74. The van der Waals surface area contributed by atoms with Gasteiger partial charge in [0.05, 0.1) is 7.11 Å². The second-order valence-electron chi connectivity index (χ2n) is 4.82. The number of nitrogens with two attached hydrogens (primary N) is 1. The van der Waals surface area contributed by atoms with Crippen molar-refractivity contribution in [3.63, 3.8) is 0 Å². The molecule has 0 heterocycles. The van der Waals surface area contributed by atoms with Crippen LogP contribution < -0.4 is 10.5 Å². The molecule has 16 heavy (non-hydrogen) atoms. The highest BCUT2D eigenvalue weighted by molar-refractivity contribution is 9.10. The quantitative estimate of drug-likeness (QED) is 0.900. The third-order valence-corrected chi connectivity index (χ3v) is 3.36. The molecular formula is C13H20BrNO. The molecule has 3 heteroatoms. The van der Waals surface area contributed by atoms with Crippen LogP contribution in [0.5, 0.6) is 5.75 Å². The maximum absolute atomic E-state index is 5.73. The van der Waals surface area contributed by atoms with Gasteiger partial charge in [0.2, 0.25) is 0 Å². The summed E-state index contributed by atoms with van der Waals surface area (Å²) in [6.07, 6.45) is 2.06. The van der Waals surface area contributed by atoms with E-state index in [0.717, 1.165) is 23.1 Å². The molecular weight excluding hydrogens is 266 g/mol. The Kier molecular flexibility index (Phi) is 4.81. The summed E-state index contributed by atoms with van der Waals surface area (Å²) in [4.78, 5) is 0. The van der Waals surface area contributed by atoms with Crippen molar-refractivity contribution in [1.29, 1.82) is 0 Å². The number of halogens is 1. The number of methoxy groups -OCH3 is 1. The molecule has 0 atom stereocenters. The summed E-state index contributed by atoms with van der Waals surface area (Å²) in [7, 11) is 1.71. The van der Waals surface area contributed by atoms with E-state index < -0.39 is 0 Å². The Bertz CT molecular complexity index is 350. The number of benzene rings is 1. The number of rotatable bonds is 5. The maximum atomic E-state index is 5.73. The first-order valence-electron chi connectivity index (χ1n) is 5.51. The molecule has 0 unspecified atom stereocenters. The first kappa shape index (κ1) is 13.5. The van der Waals surface area contributed by atoms with Crippen LogP contribution in [0.4, 0.5) is 0 Å². The zero-order valence-electron chi connectivity index (χ0n) is 10.2. The minimum atomic E-state index is 0.188. The van der Waals surface area contributed by atoms with Gasteiger partial charge in [-0.15, -0.1) is 0 Å². The number of hydrogen-bond donors (Lipinski definition) is 1. The molecule has 2 nitrogen and oxygen atoms in total. The smallest absolute Gasteiger partial charge is 0.122 e. The highest BCUT2D eigenvalue weighted by atomic mass is 79.9. The van der Waals surface area contributed by atoms with Gasteiger partial charge < -0.3 is 10.5 Å². The fourth-order valence-electron chi connectivity index (χ4n) is 1.52. The standard InChI is InChI=1S/C13H20BrNO/c1-13(2,9-15)7-6-10-8-11(14)4-5-12(10)16-3/h4-5,8H,6-7,9,15H2,1-3H3. The van der Waals surface area contributed by atoms with Gasteiger partial charge in [0.15, 0.2) is 0 Å². The Morgan fingerprint density at radius 1 is 1.38 bits per heavy atom. The zero-order valence-corrected chi connectivity index (χ0v) is 11.8. The van der Waals surface area contributed by atoms with Gasteiger partial charge in [-0.05, 0) is 48.6 Å². The topological polar surface area (TPSA) is 35.2 Å². The monoisotopic (exact) mass is 285 g/mol. The lowest BCUT2D eigenvalue weighted by Crippen LogP contribution is -2.24. The predicted molar refractivity (Wildman–Crippen MR) is 71.9 cm³/mol.